The van der Waals surface area contributed by atoms with Gasteiger partial charge in [0.2, 0.25) is 5.91 Å². The molecule has 0 heterocycles. The fourth-order valence-electron chi connectivity index (χ4n) is 2.28. The Hall–Kier alpha value is -2.82. The lowest BCUT2D eigenvalue weighted by molar-refractivity contribution is -0.116. The van der Waals surface area contributed by atoms with Crippen LogP contribution in [0.2, 0.25) is 0 Å². The van der Waals surface area contributed by atoms with Crippen molar-refractivity contribution in [3.63, 3.8) is 0 Å². The van der Waals surface area contributed by atoms with E-state index in [1.54, 1.807) is 24.3 Å². The molecule has 0 atom stereocenters. The van der Waals surface area contributed by atoms with E-state index in [4.69, 9.17) is 5.73 Å². The normalized spacial score (nSPS) is 10.2. The molecular formula is C19H23N3O2. The van der Waals surface area contributed by atoms with Gasteiger partial charge in [-0.05, 0) is 54.8 Å². The van der Waals surface area contributed by atoms with E-state index in [1.807, 2.05) is 31.2 Å². The number of nitrogens with one attached hydrogen (secondary N) is 2. The first-order valence-corrected chi connectivity index (χ1v) is 8.11. The average Bonchev–Trinajstić information content (AvgIpc) is 2.58. The largest absolute Gasteiger partial charge is 0.399 e. The molecule has 0 bridgehead atoms. The molecule has 0 saturated heterocycles. The monoisotopic (exact) mass is 325 g/mol. The number of anilines is 2. The van der Waals surface area contributed by atoms with Crippen LogP contribution in [-0.2, 0) is 11.2 Å². The zero-order chi connectivity index (χ0) is 17.4. The van der Waals surface area contributed by atoms with Gasteiger partial charge in [0.1, 0.15) is 0 Å². The lowest BCUT2D eigenvalue weighted by Crippen LogP contribution is -2.23. The Morgan fingerprint density at radius 3 is 2.50 bits per heavy atom. The second-order valence-electron chi connectivity index (χ2n) is 5.63. The minimum atomic E-state index is -0.101. The van der Waals surface area contributed by atoms with Crippen molar-refractivity contribution < 1.29 is 9.59 Å². The number of hydrogen-bond acceptors (Lipinski definition) is 3. The van der Waals surface area contributed by atoms with E-state index >= 15 is 0 Å². The standard InChI is InChI=1S/C19H23N3O2/c1-2-12-21-19(24)15-7-9-17(10-8-15)22-18(23)11-6-14-4-3-5-16(20)13-14/h3-5,7-10,13H,2,6,11-12,20H2,1H3,(H,21,24)(H,22,23). The molecule has 5 nitrogen and oxygen atoms in total. The maximum atomic E-state index is 12.0. The third-order valence-corrected chi connectivity index (χ3v) is 3.56. The van der Waals surface area contributed by atoms with E-state index in [2.05, 4.69) is 10.6 Å². The number of amides is 2. The number of carbonyl (C=O) groups excluding carboxylic acids is 2. The maximum Gasteiger partial charge on any atom is 0.251 e. The zero-order valence-electron chi connectivity index (χ0n) is 13.8. The Bertz CT molecular complexity index is 696. The molecule has 2 aromatic carbocycles. The minimum Gasteiger partial charge on any atom is -0.399 e. The Balaban J connectivity index is 1.84. The summed E-state index contributed by atoms with van der Waals surface area (Å²) < 4.78 is 0. The van der Waals surface area contributed by atoms with Gasteiger partial charge in [0.05, 0.1) is 0 Å². The predicted molar refractivity (Wildman–Crippen MR) is 96.9 cm³/mol. The highest BCUT2D eigenvalue weighted by molar-refractivity contribution is 5.95. The number of nitrogens with two attached hydrogens (primary N) is 1. The van der Waals surface area contributed by atoms with Gasteiger partial charge in [-0.15, -0.1) is 0 Å². The number of carbonyl (C=O) groups is 2. The Labute approximate surface area is 142 Å². The van der Waals surface area contributed by atoms with Gasteiger partial charge >= 0.3 is 0 Å². The number of benzene rings is 2. The second kappa shape index (κ2) is 8.72. The molecule has 5 heteroatoms. The van der Waals surface area contributed by atoms with Crippen LogP contribution in [0.3, 0.4) is 0 Å². The Morgan fingerprint density at radius 1 is 1.08 bits per heavy atom. The molecule has 0 saturated carbocycles. The molecule has 24 heavy (non-hydrogen) atoms. The molecule has 0 aliphatic rings. The summed E-state index contributed by atoms with van der Waals surface area (Å²) in [5, 5.41) is 5.65. The van der Waals surface area contributed by atoms with Crippen LogP contribution in [0.5, 0.6) is 0 Å². The molecule has 0 aliphatic carbocycles. The van der Waals surface area contributed by atoms with Gasteiger partial charge in [-0.3, -0.25) is 9.59 Å². The van der Waals surface area contributed by atoms with Crippen LogP contribution in [0.4, 0.5) is 11.4 Å². The zero-order valence-corrected chi connectivity index (χ0v) is 13.8. The summed E-state index contributed by atoms with van der Waals surface area (Å²) >= 11 is 0. The van der Waals surface area contributed by atoms with Gasteiger partial charge in [0, 0.05) is 29.9 Å². The van der Waals surface area contributed by atoms with Crippen LogP contribution in [0.15, 0.2) is 48.5 Å². The van der Waals surface area contributed by atoms with Gasteiger partial charge < -0.3 is 16.4 Å². The average molecular weight is 325 g/mol. The molecule has 0 unspecified atom stereocenters. The van der Waals surface area contributed by atoms with Crippen molar-refractivity contribution in [1.29, 1.82) is 0 Å². The van der Waals surface area contributed by atoms with Gasteiger partial charge in [0.15, 0.2) is 0 Å². The maximum absolute atomic E-state index is 12.0. The number of aryl methyl sites for hydroxylation is 1. The van der Waals surface area contributed by atoms with Crippen LogP contribution in [-0.4, -0.2) is 18.4 Å². The highest BCUT2D eigenvalue weighted by atomic mass is 16.2. The quantitative estimate of drug-likeness (QED) is 0.684. The third kappa shape index (κ3) is 5.43. The minimum absolute atomic E-state index is 0.0689. The SMILES string of the molecule is CCCNC(=O)c1ccc(NC(=O)CCc2cccc(N)c2)cc1. The van der Waals surface area contributed by atoms with Crippen molar-refractivity contribution in [3.8, 4) is 0 Å². The molecule has 0 spiro atoms. The van der Waals surface area contributed by atoms with Crippen LogP contribution in [0.25, 0.3) is 0 Å². The first-order chi connectivity index (χ1) is 11.6. The molecule has 126 valence electrons. The van der Waals surface area contributed by atoms with Crippen molar-refractivity contribution in [1.82, 2.24) is 5.32 Å². The van der Waals surface area contributed by atoms with Crippen molar-refractivity contribution in [2.45, 2.75) is 26.2 Å². The summed E-state index contributed by atoms with van der Waals surface area (Å²) in [5.41, 5.74) is 8.72. The summed E-state index contributed by atoms with van der Waals surface area (Å²) in [6, 6.07) is 14.4. The lowest BCUT2D eigenvalue weighted by atomic mass is 10.1. The molecule has 0 radical (unpaired) electrons. The van der Waals surface area contributed by atoms with E-state index in [1.165, 1.54) is 0 Å². The first-order valence-electron chi connectivity index (χ1n) is 8.11. The molecule has 4 N–H and O–H groups in total. The van der Waals surface area contributed by atoms with Crippen molar-refractivity contribution in [3.05, 3.63) is 59.7 Å². The molecule has 2 rings (SSSR count). The fraction of sp³-hybridized carbons (Fsp3) is 0.263. The smallest absolute Gasteiger partial charge is 0.251 e. The molecular weight excluding hydrogens is 302 g/mol. The summed E-state index contributed by atoms with van der Waals surface area (Å²) in [6.07, 6.45) is 1.91. The van der Waals surface area contributed by atoms with Crippen LogP contribution in [0.1, 0.15) is 35.7 Å². The number of hydrogen-bond donors (Lipinski definition) is 3. The first kappa shape index (κ1) is 17.5. The molecule has 0 aliphatic heterocycles. The van der Waals surface area contributed by atoms with Crippen LogP contribution >= 0.6 is 0 Å². The highest BCUT2D eigenvalue weighted by Gasteiger charge is 2.06. The summed E-state index contributed by atoms with van der Waals surface area (Å²) in [7, 11) is 0. The molecule has 2 amide bonds. The van der Waals surface area contributed by atoms with Crippen molar-refractivity contribution in [2.24, 2.45) is 0 Å². The lowest BCUT2D eigenvalue weighted by Gasteiger charge is -2.07. The fourth-order valence-corrected chi connectivity index (χ4v) is 2.28. The summed E-state index contributed by atoms with van der Waals surface area (Å²) in [4.78, 5) is 23.8. The summed E-state index contributed by atoms with van der Waals surface area (Å²) in [5.74, 6) is -0.169. The second-order valence-corrected chi connectivity index (χ2v) is 5.63. The van der Waals surface area contributed by atoms with E-state index in [0.29, 0.717) is 36.3 Å². The van der Waals surface area contributed by atoms with Crippen LogP contribution < -0.4 is 16.4 Å². The summed E-state index contributed by atoms with van der Waals surface area (Å²) in [6.45, 7) is 2.66. The molecule has 0 fully saturated rings. The van der Waals surface area contributed by atoms with E-state index < -0.39 is 0 Å². The highest BCUT2D eigenvalue weighted by Crippen LogP contribution is 2.12. The Morgan fingerprint density at radius 2 is 1.83 bits per heavy atom. The predicted octanol–water partition coefficient (Wildman–Crippen LogP) is 2.98. The van der Waals surface area contributed by atoms with Gasteiger partial charge in [0.25, 0.3) is 5.91 Å². The third-order valence-electron chi connectivity index (χ3n) is 3.56. The van der Waals surface area contributed by atoms with E-state index in [-0.39, 0.29) is 11.8 Å². The van der Waals surface area contributed by atoms with Crippen LogP contribution in [0, 0.1) is 0 Å². The van der Waals surface area contributed by atoms with Gasteiger partial charge in [-0.2, -0.15) is 0 Å². The van der Waals surface area contributed by atoms with E-state index in [9.17, 15) is 9.59 Å². The number of rotatable bonds is 7. The van der Waals surface area contributed by atoms with Crippen molar-refractivity contribution >= 4 is 23.2 Å². The van der Waals surface area contributed by atoms with Crippen molar-refractivity contribution in [2.75, 3.05) is 17.6 Å². The topological polar surface area (TPSA) is 84.2 Å². The van der Waals surface area contributed by atoms with E-state index in [0.717, 1.165) is 12.0 Å². The molecule has 0 aromatic heterocycles. The van der Waals surface area contributed by atoms with Gasteiger partial charge in [-0.1, -0.05) is 19.1 Å². The van der Waals surface area contributed by atoms with Gasteiger partial charge in [-0.25, -0.2) is 0 Å². The number of nitrogen functional groups attached to an aromatic ring is 1. The Kier molecular flexibility index (Phi) is 6.37. The molecule has 2 aromatic rings.